The van der Waals surface area contributed by atoms with E-state index in [-0.39, 0.29) is 10.9 Å². The number of aromatic nitrogens is 4. The number of hydrogen-bond donors (Lipinski definition) is 1. The Morgan fingerprint density at radius 1 is 1.25 bits per heavy atom. The van der Waals surface area contributed by atoms with Crippen LogP contribution in [0.1, 0.15) is 5.69 Å². The van der Waals surface area contributed by atoms with Gasteiger partial charge in [0.25, 0.3) is 0 Å². The number of carbonyl (C=O) groups is 1. The molecule has 0 bridgehead atoms. The van der Waals surface area contributed by atoms with Crippen LogP contribution in [0.4, 0.5) is 18.9 Å². The second-order valence-corrected chi connectivity index (χ2v) is 5.97. The van der Waals surface area contributed by atoms with Gasteiger partial charge in [-0.1, -0.05) is 17.8 Å². The third-order valence-electron chi connectivity index (χ3n) is 2.82. The van der Waals surface area contributed by atoms with E-state index < -0.39 is 17.8 Å². The van der Waals surface area contributed by atoms with Gasteiger partial charge in [0.1, 0.15) is 16.7 Å². The van der Waals surface area contributed by atoms with E-state index in [1.54, 1.807) is 18.2 Å². The number of alkyl halides is 3. The molecule has 1 aromatic carbocycles. The van der Waals surface area contributed by atoms with Crippen molar-refractivity contribution < 1.29 is 18.0 Å². The van der Waals surface area contributed by atoms with Crippen LogP contribution in [0.15, 0.2) is 35.6 Å². The summed E-state index contributed by atoms with van der Waals surface area (Å²) in [6, 6.07) is 5.94. The molecular formula is C13H8F3N5OS2. The maximum atomic E-state index is 12.6. The van der Waals surface area contributed by atoms with Crippen LogP contribution in [-0.2, 0) is 11.0 Å². The normalized spacial score (nSPS) is 11.6. The van der Waals surface area contributed by atoms with Crippen LogP contribution in [0.5, 0.6) is 0 Å². The van der Waals surface area contributed by atoms with Gasteiger partial charge in [-0.15, -0.1) is 0 Å². The number of thioether (sulfide) groups is 1. The average Bonchev–Trinajstić information content (AvgIpc) is 3.02. The fourth-order valence-corrected chi connectivity index (χ4v) is 2.97. The minimum atomic E-state index is -4.55. The monoisotopic (exact) mass is 371 g/mol. The van der Waals surface area contributed by atoms with Crippen LogP contribution in [0.2, 0.25) is 0 Å². The van der Waals surface area contributed by atoms with Crippen molar-refractivity contribution >= 4 is 46.1 Å². The van der Waals surface area contributed by atoms with E-state index in [2.05, 4.69) is 24.0 Å². The first-order chi connectivity index (χ1) is 11.4. The molecule has 0 aliphatic carbocycles. The molecule has 24 heavy (non-hydrogen) atoms. The fourth-order valence-electron chi connectivity index (χ4n) is 1.79. The quantitative estimate of drug-likeness (QED) is 0.560. The van der Waals surface area contributed by atoms with Crippen molar-refractivity contribution in [1.82, 2.24) is 18.7 Å². The molecule has 124 valence electrons. The van der Waals surface area contributed by atoms with Crippen molar-refractivity contribution in [3.63, 3.8) is 0 Å². The first kappa shape index (κ1) is 16.6. The molecule has 0 spiro atoms. The van der Waals surface area contributed by atoms with E-state index in [0.29, 0.717) is 16.7 Å². The van der Waals surface area contributed by atoms with Gasteiger partial charge in [-0.05, 0) is 18.2 Å². The molecule has 1 N–H and O–H groups in total. The van der Waals surface area contributed by atoms with Crippen LogP contribution < -0.4 is 5.32 Å². The second-order valence-electron chi connectivity index (χ2n) is 4.50. The SMILES string of the molecule is O=C(CSc1nccc(C(F)(F)F)n1)Nc1cccc2nsnc12. The highest BCUT2D eigenvalue weighted by atomic mass is 32.2. The van der Waals surface area contributed by atoms with E-state index in [1.165, 1.54) is 0 Å². The number of halogens is 3. The number of rotatable bonds is 4. The van der Waals surface area contributed by atoms with Crippen LogP contribution >= 0.6 is 23.5 Å². The maximum absolute atomic E-state index is 12.6. The summed E-state index contributed by atoms with van der Waals surface area (Å²) < 4.78 is 45.9. The Morgan fingerprint density at radius 3 is 2.88 bits per heavy atom. The predicted molar refractivity (Wildman–Crippen MR) is 83.8 cm³/mol. The number of nitrogens with zero attached hydrogens (tertiary/aromatic N) is 4. The smallest absolute Gasteiger partial charge is 0.323 e. The summed E-state index contributed by atoms with van der Waals surface area (Å²) in [5, 5.41) is 2.54. The first-order valence-electron chi connectivity index (χ1n) is 6.47. The molecule has 0 aliphatic heterocycles. The van der Waals surface area contributed by atoms with Gasteiger partial charge in [0.2, 0.25) is 5.91 Å². The largest absolute Gasteiger partial charge is 0.433 e. The van der Waals surface area contributed by atoms with E-state index >= 15 is 0 Å². The molecule has 0 fully saturated rings. The Kier molecular flexibility index (Phi) is 4.62. The van der Waals surface area contributed by atoms with Crippen molar-refractivity contribution in [2.24, 2.45) is 0 Å². The van der Waals surface area contributed by atoms with Gasteiger partial charge in [0.05, 0.1) is 23.2 Å². The Labute approximate surface area is 141 Å². The number of anilines is 1. The van der Waals surface area contributed by atoms with Crippen molar-refractivity contribution in [2.45, 2.75) is 11.3 Å². The highest BCUT2D eigenvalue weighted by molar-refractivity contribution is 7.99. The van der Waals surface area contributed by atoms with Crippen molar-refractivity contribution in [3.8, 4) is 0 Å². The summed E-state index contributed by atoms with van der Waals surface area (Å²) in [7, 11) is 0. The Hall–Kier alpha value is -2.27. The summed E-state index contributed by atoms with van der Waals surface area (Å²) in [5.74, 6) is -0.531. The van der Waals surface area contributed by atoms with Crippen LogP contribution in [0.25, 0.3) is 11.0 Å². The molecule has 11 heteroatoms. The lowest BCUT2D eigenvalue weighted by atomic mass is 10.2. The van der Waals surface area contributed by atoms with E-state index in [4.69, 9.17) is 0 Å². The number of carbonyl (C=O) groups excluding carboxylic acids is 1. The average molecular weight is 371 g/mol. The zero-order chi connectivity index (χ0) is 17.2. The molecule has 0 aliphatic rings. The van der Waals surface area contributed by atoms with Crippen LogP contribution in [0, 0.1) is 0 Å². The van der Waals surface area contributed by atoms with E-state index in [0.717, 1.165) is 35.8 Å². The Bertz CT molecular complexity index is 883. The minimum Gasteiger partial charge on any atom is -0.323 e. The molecule has 0 saturated carbocycles. The lowest BCUT2D eigenvalue weighted by molar-refractivity contribution is -0.141. The number of amides is 1. The van der Waals surface area contributed by atoms with Gasteiger partial charge in [-0.3, -0.25) is 4.79 Å². The molecule has 0 atom stereocenters. The summed E-state index contributed by atoms with van der Waals surface area (Å²) in [5.41, 5.74) is 0.679. The lowest BCUT2D eigenvalue weighted by Gasteiger charge is -2.07. The molecular weight excluding hydrogens is 363 g/mol. The molecule has 0 radical (unpaired) electrons. The van der Waals surface area contributed by atoms with Gasteiger partial charge in [-0.25, -0.2) is 9.97 Å². The van der Waals surface area contributed by atoms with Crippen molar-refractivity contribution in [3.05, 3.63) is 36.2 Å². The highest BCUT2D eigenvalue weighted by Crippen LogP contribution is 2.28. The molecule has 3 aromatic rings. The number of nitrogens with one attached hydrogen (secondary N) is 1. The standard InChI is InChI=1S/C13H8F3N5OS2/c14-13(15,16)9-4-5-17-12(19-9)23-6-10(22)18-7-2-1-3-8-11(7)21-24-20-8/h1-5H,6H2,(H,18,22). The van der Waals surface area contributed by atoms with E-state index in [9.17, 15) is 18.0 Å². The van der Waals surface area contributed by atoms with Crippen molar-refractivity contribution in [1.29, 1.82) is 0 Å². The van der Waals surface area contributed by atoms with E-state index in [1.807, 2.05) is 0 Å². The van der Waals surface area contributed by atoms with Gasteiger partial charge < -0.3 is 5.32 Å². The minimum absolute atomic E-state index is 0.117. The third-order valence-corrected chi connectivity index (χ3v) is 4.22. The topological polar surface area (TPSA) is 80.7 Å². The third kappa shape index (κ3) is 3.79. The molecule has 2 heterocycles. The molecule has 0 saturated heterocycles. The summed E-state index contributed by atoms with van der Waals surface area (Å²) >= 11 is 1.84. The van der Waals surface area contributed by atoms with Crippen molar-refractivity contribution in [2.75, 3.05) is 11.1 Å². The molecule has 2 aromatic heterocycles. The first-order valence-corrected chi connectivity index (χ1v) is 8.19. The number of fused-ring (bicyclic) bond motifs is 1. The van der Waals surface area contributed by atoms with Gasteiger partial charge in [0.15, 0.2) is 5.16 Å². The lowest BCUT2D eigenvalue weighted by Crippen LogP contribution is -2.15. The summed E-state index contributed by atoms with van der Waals surface area (Å²) in [6.45, 7) is 0. The van der Waals surface area contributed by atoms with Crippen LogP contribution in [-0.4, -0.2) is 30.4 Å². The molecule has 1 amide bonds. The zero-order valence-electron chi connectivity index (χ0n) is 11.7. The predicted octanol–water partition coefficient (Wildman–Crippen LogP) is 3.23. The van der Waals surface area contributed by atoms with Crippen LogP contribution in [0.3, 0.4) is 0 Å². The molecule has 6 nitrogen and oxygen atoms in total. The maximum Gasteiger partial charge on any atom is 0.433 e. The van der Waals surface area contributed by atoms with Gasteiger partial charge in [-0.2, -0.15) is 21.9 Å². The highest BCUT2D eigenvalue weighted by Gasteiger charge is 2.32. The zero-order valence-corrected chi connectivity index (χ0v) is 13.4. The Morgan fingerprint density at radius 2 is 2.08 bits per heavy atom. The van der Waals surface area contributed by atoms with Gasteiger partial charge >= 0.3 is 6.18 Å². The van der Waals surface area contributed by atoms with Gasteiger partial charge in [0, 0.05) is 6.20 Å². The summed E-state index contributed by atoms with van der Waals surface area (Å²) in [6.07, 6.45) is -3.54. The molecule has 3 rings (SSSR count). The number of benzene rings is 1. The summed E-state index contributed by atoms with van der Waals surface area (Å²) in [4.78, 5) is 19.1. The molecule has 0 unspecified atom stereocenters. The second kappa shape index (κ2) is 6.69. The Balaban J connectivity index is 1.65. The number of hydrogen-bond acceptors (Lipinski definition) is 7. The fraction of sp³-hybridized carbons (Fsp3) is 0.154.